The van der Waals surface area contributed by atoms with Crippen molar-refractivity contribution in [1.29, 1.82) is 0 Å². The first-order valence-electron chi connectivity index (χ1n) is 9.90. The molecular weight excluding hydrogens is 392 g/mol. The number of amides is 1. The minimum absolute atomic E-state index is 0.0264. The molecule has 30 heavy (non-hydrogen) atoms. The highest BCUT2D eigenvalue weighted by Crippen LogP contribution is 2.31. The number of ether oxygens (including phenoxy) is 2. The maximum Gasteiger partial charge on any atom is 0.387 e. The van der Waals surface area contributed by atoms with Gasteiger partial charge >= 0.3 is 6.61 Å². The Labute approximate surface area is 175 Å². The second kappa shape index (κ2) is 10.2. The number of anilines is 1. The highest BCUT2D eigenvalue weighted by Gasteiger charge is 2.25. The van der Waals surface area contributed by atoms with E-state index in [1.165, 1.54) is 24.8 Å². The normalized spacial score (nSPS) is 15.7. The first-order chi connectivity index (χ1) is 14.5. The van der Waals surface area contributed by atoms with Crippen LogP contribution in [0.5, 0.6) is 11.5 Å². The Morgan fingerprint density at radius 1 is 1.07 bits per heavy atom. The van der Waals surface area contributed by atoms with Crippen molar-refractivity contribution < 1.29 is 23.0 Å². The molecule has 1 aliphatic heterocycles. The molecule has 1 atom stereocenters. The third kappa shape index (κ3) is 5.82. The molecule has 1 amide bonds. The lowest BCUT2D eigenvalue weighted by atomic mass is 10.2. The SMILES string of the molecule is COc1ccc(N[C@@H](C)C(=O)N2CCN(Cc3ccccc3)CC2)cc1OC(F)F. The lowest BCUT2D eigenvalue weighted by molar-refractivity contribution is -0.133. The maximum atomic E-state index is 12.8. The zero-order valence-electron chi connectivity index (χ0n) is 17.2. The van der Waals surface area contributed by atoms with Gasteiger partial charge in [0, 0.05) is 44.5 Å². The third-order valence-electron chi connectivity index (χ3n) is 5.07. The van der Waals surface area contributed by atoms with Crippen molar-refractivity contribution in [3.05, 3.63) is 54.1 Å². The topological polar surface area (TPSA) is 54.0 Å². The zero-order valence-corrected chi connectivity index (χ0v) is 17.2. The van der Waals surface area contributed by atoms with Crippen LogP contribution in [-0.4, -0.2) is 61.6 Å². The minimum atomic E-state index is -2.96. The van der Waals surface area contributed by atoms with Crippen LogP contribution in [0.4, 0.5) is 14.5 Å². The molecule has 1 aliphatic rings. The van der Waals surface area contributed by atoms with Gasteiger partial charge in [-0.3, -0.25) is 9.69 Å². The molecule has 162 valence electrons. The third-order valence-corrected chi connectivity index (χ3v) is 5.07. The first-order valence-corrected chi connectivity index (χ1v) is 9.90. The van der Waals surface area contributed by atoms with Gasteiger partial charge in [-0.05, 0) is 24.6 Å². The molecule has 0 spiro atoms. The number of carbonyl (C=O) groups excluding carboxylic acids is 1. The number of nitrogens with zero attached hydrogens (tertiary/aromatic N) is 2. The molecule has 3 rings (SSSR count). The van der Waals surface area contributed by atoms with Crippen LogP contribution < -0.4 is 14.8 Å². The molecule has 2 aromatic rings. The van der Waals surface area contributed by atoms with E-state index in [0.717, 1.165) is 19.6 Å². The summed E-state index contributed by atoms with van der Waals surface area (Å²) in [6, 6.07) is 14.4. The Kier molecular flexibility index (Phi) is 7.46. The molecular formula is C22H27F2N3O3. The number of carbonyl (C=O) groups is 1. The maximum absolute atomic E-state index is 12.8. The quantitative estimate of drug-likeness (QED) is 0.711. The molecule has 1 N–H and O–H groups in total. The van der Waals surface area contributed by atoms with Gasteiger partial charge in [-0.2, -0.15) is 8.78 Å². The van der Waals surface area contributed by atoms with E-state index in [4.69, 9.17) is 4.74 Å². The Morgan fingerprint density at radius 3 is 2.40 bits per heavy atom. The Morgan fingerprint density at radius 2 is 1.77 bits per heavy atom. The van der Waals surface area contributed by atoms with Crippen molar-refractivity contribution in [2.75, 3.05) is 38.6 Å². The van der Waals surface area contributed by atoms with Crippen LogP contribution in [-0.2, 0) is 11.3 Å². The number of methoxy groups -OCH3 is 1. The summed E-state index contributed by atoms with van der Waals surface area (Å²) in [6.45, 7) is 2.59. The van der Waals surface area contributed by atoms with Crippen LogP contribution in [0.1, 0.15) is 12.5 Å². The fraction of sp³-hybridized carbons (Fsp3) is 0.409. The molecule has 1 fully saturated rings. The molecule has 1 saturated heterocycles. The van der Waals surface area contributed by atoms with E-state index in [9.17, 15) is 13.6 Å². The Bertz CT molecular complexity index is 828. The van der Waals surface area contributed by atoms with E-state index < -0.39 is 12.7 Å². The highest BCUT2D eigenvalue weighted by atomic mass is 19.3. The van der Waals surface area contributed by atoms with Crippen LogP contribution >= 0.6 is 0 Å². The number of halogens is 2. The summed E-state index contributed by atoms with van der Waals surface area (Å²) >= 11 is 0. The number of nitrogens with one attached hydrogen (secondary N) is 1. The molecule has 2 aromatic carbocycles. The molecule has 1 heterocycles. The summed E-state index contributed by atoms with van der Waals surface area (Å²) in [7, 11) is 1.38. The Hall–Kier alpha value is -2.87. The molecule has 0 radical (unpaired) electrons. The number of hydrogen-bond donors (Lipinski definition) is 1. The molecule has 0 bridgehead atoms. The van der Waals surface area contributed by atoms with E-state index in [1.807, 2.05) is 23.1 Å². The number of benzene rings is 2. The van der Waals surface area contributed by atoms with Gasteiger partial charge in [0.15, 0.2) is 11.5 Å². The second-order valence-corrected chi connectivity index (χ2v) is 7.20. The van der Waals surface area contributed by atoms with Crippen molar-refractivity contribution in [1.82, 2.24) is 9.80 Å². The lowest BCUT2D eigenvalue weighted by Crippen LogP contribution is -2.51. The van der Waals surface area contributed by atoms with Crippen LogP contribution in [0.2, 0.25) is 0 Å². The number of piperazine rings is 1. The largest absolute Gasteiger partial charge is 0.493 e. The zero-order chi connectivity index (χ0) is 21.5. The van der Waals surface area contributed by atoms with Crippen LogP contribution in [0, 0.1) is 0 Å². The summed E-state index contributed by atoms with van der Waals surface area (Å²) in [4.78, 5) is 17.0. The average molecular weight is 419 g/mol. The van der Waals surface area contributed by atoms with Gasteiger partial charge in [0.1, 0.15) is 6.04 Å². The van der Waals surface area contributed by atoms with Gasteiger partial charge in [-0.15, -0.1) is 0 Å². The van der Waals surface area contributed by atoms with Gasteiger partial charge < -0.3 is 19.7 Å². The van der Waals surface area contributed by atoms with E-state index >= 15 is 0 Å². The smallest absolute Gasteiger partial charge is 0.387 e. The molecule has 0 aliphatic carbocycles. The first kappa shape index (κ1) is 21.8. The summed E-state index contributed by atoms with van der Waals surface area (Å²) in [5.41, 5.74) is 1.77. The van der Waals surface area contributed by atoms with Crippen LogP contribution in [0.25, 0.3) is 0 Å². The summed E-state index contributed by atoms with van der Waals surface area (Å²) in [5.74, 6) is 0.0996. The van der Waals surface area contributed by atoms with Gasteiger partial charge in [0.05, 0.1) is 7.11 Å². The van der Waals surface area contributed by atoms with Crippen molar-refractivity contribution in [2.24, 2.45) is 0 Å². The molecule has 8 heteroatoms. The molecule has 6 nitrogen and oxygen atoms in total. The van der Waals surface area contributed by atoms with E-state index in [1.54, 1.807) is 13.0 Å². The van der Waals surface area contributed by atoms with Crippen molar-refractivity contribution >= 4 is 11.6 Å². The van der Waals surface area contributed by atoms with Crippen LogP contribution in [0.3, 0.4) is 0 Å². The molecule has 0 unspecified atom stereocenters. The second-order valence-electron chi connectivity index (χ2n) is 7.20. The van der Waals surface area contributed by atoms with Crippen molar-refractivity contribution in [2.45, 2.75) is 26.1 Å². The lowest BCUT2D eigenvalue weighted by Gasteiger charge is -2.36. The summed E-state index contributed by atoms with van der Waals surface area (Å²) < 4.78 is 34.7. The van der Waals surface area contributed by atoms with Crippen LogP contribution in [0.15, 0.2) is 48.5 Å². The predicted octanol–water partition coefficient (Wildman–Crippen LogP) is 3.44. The standard InChI is InChI=1S/C22H27F2N3O3/c1-16(25-18-8-9-19(29-2)20(14-18)30-22(23)24)21(28)27-12-10-26(11-13-27)15-17-6-4-3-5-7-17/h3-9,14,16,22,25H,10-13,15H2,1-2H3/t16-/m0/s1. The Balaban J connectivity index is 1.53. The van der Waals surface area contributed by atoms with Gasteiger partial charge in [-0.1, -0.05) is 30.3 Å². The van der Waals surface area contributed by atoms with E-state index in [2.05, 4.69) is 27.1 Å². The minimum Gasteiger partial charge on any atom is -0.493 e. The average Bonchev–Trinajstić information content (AvgIpc) is 2.74. The number of hydrogen-bond acceptors (Lipinski definition) is 5. The summed E-state index contributed by atoms with van der Waals surface area (Å²) in [6.07, 6.45) is 0. The van der Waals surface area contributed by atoms with Gasteiger partial charge in [-0.25, -0.2) is 0 Å². The fourth-order valence-corrected chi connectivity index (χ4v) is 3.51. The highest BCUT2D eigenvalue weighted by molar-refractivity contribution is 5.84. The van der Waals surface area contributed by atoms with E-state index in [0.29, 0.717) is 18.8 Å². The summed E-state index contributed by atoms with van der Waals surface area (Å²) in [5, 5.41) is 3.07. The monoisotopic (exact) mass is 419 g/mol. The predicted molar refractivity (Wildman–Crippen MR) is 111 cm³/mol. The number of alkyl halides is 2. The molecule has 0 saturated carbocycles. The molecule has 0 aromatic heterocycles. The fourth-order valence-electron chi connectivity index (χ4n) is 3.51. The van der Waals surface area contributed by atoms with Gasteiger partial charge in [0.2, 0.25) is 5.91 Å². The van der Waals surface area contributed by atoms with Crippen molar-refractivity contribution in [3.63, 3.8) is 0 Å². The van der Waals surface area contributed by atoms with Crippen molar-refractivity contribution in [3.8, 4) is 11.5 Å². The van der Waals surface area contributed by atoms with E-state index in [-0.39, 0.29) is 17.4 Å². The van der Waals surface area contributed by atoms with Gasteiger partial charge in [0.25, 0.3) is 0 Å². The number of rotatable bonds is 8.